The Morgan fingerprint density at radius 3 is 2.54 bits per heavy atom. The molecular weight excluding hydrogens is 350 g/mol. The number of halogens is 1. The number of nitrogens with one attached hydrogen (secondary N) is 1. The summed E-state index contributed by atoms with van der Waals surface area (Å²) in [6.45, 7) is 5.37. The number of hydrogen-bond acceptors (Lipinski definition) is 4. The van der Waals surface area contributed by atoms with Crippen molar-refractivity contribution in [3.63, 3.8) is 0 Å². The molecule has 138 valence electrons. The number of amides is 1. The average Bonchev–Trinajstić information content (AvgIpc) is 2.67. The molecular formula is C20H24ClN3O2. The van der Waals surface area contributed by atoms with Crippen LogP contribution in [-0.4, -0.2) is 50.1 Å². The second-order valence-electron chi connectivity index (χ2n) is 6.40. The second kappa shape index (κ2) is 8.43. The van der Waals surface area contributed by atoms with Crippen molar-refractivity contribution in [3.05, 3.63) is 53.6 Å². The first-order valence-corrected chi connectivity index (χ1v) is 9.14. The predicted octanol–water partition coefficient (Wildman–Crippen LogP) is 3.50. The second-order valence-corrected chi connectivity index (χ2v) is 6.84. The molecule has 0 saturated carbocycles. The molecule has 0 aliphatic carbocycles. The Morgan fingerprint density at radius 1 is 1.12 bits per heavy atom. The lowest BCUT2D eigenvalue weighted by Gasteiger charge is -2.38. The fourth-order valence-corrected chi connectivity index (χ4v) is 3.34. The van der Waals surface area contributed by atoms with Gasteiger partial charge in [-0.05, 0) is 37.3 Å². The lowest BCUT2D eigenvalue weighted by molar-refractivity contribution is -0.120. The number of hydrogen-bond donors (Lipinski definition) is 1. The minimum atomic E-state index is -0.193. The minimum Gasteiger partial charge on any atom is -0.497 e. The number of benzene rings is 2. The smallest absolute Gasteiger partial charge is 0.241 e. The maximum Gasteiger partial charge on any atom is 0.241 e. The van der Waals surface area contributed by atoms with Gasteiger partial charge in [0, 0.05) is 48.6 Å². The van der Waals surface area contributed by atoms with Crippen molar-refractivity contribution < 1.29 is 9.53 Å². The fourth-order valence-electron chi connectivity index (χ4n) is 3.15. The van der Waals surface area contributed by atoms with E-state index >= 15 is 0 Å². The molecule has 1 heterocycles. The molecule has 0 radical (unpaired) electrons. The molecule has 5 nitrogen and oxygen atoms in total. The Bertz CT molecular complexity index is 760. The first-order chi connectivity index (χ1) is 12.6. The van der Waals surface area contributed by atoms with Crippen LogP contribution >= 0.6 is 11.6 Å². The first-order valence-electron chi connectivity index (χ1n) is 8.76. The number of ether oxygens (including phenoxy) is 1. The van der Waals surface area contributed by atoms with Crippen LogP contribution in [0.25, 0.3) is 0 Å². The Balaban J connectivity index is 1.56. The summed E-state index contributed by atoms with van der Waals surface area (Å²) < 4.78 is 5.30. The minimum absolute atomic E-state index is 0.0119. The van der Waals surface area contributed by atoms with Gasteiger partial charge in [0.25, 0.3) is 0 Å². The van der Waals surface area contributed by atoms with Gasteiger partial charge in [-0.3, -0.25) is 9.69 Å². The summed E-state index contributed by atoms with van der Waals surface area (Å²) in [5.74, 6) is 0.848. The van der Waals surface area contributed by atoms with Gasteiger partial charge < -0.3 is 15.0 Å². The molecule has 1 atom stereocenters. The summed E-state index contributed by atoms with van der Waals surface area (Å²) in [5.41, 5.74) is 1.88. The van der Waals surface area contributed by atoms with Gasteiger partial charge in [-0.15, -0.1) is 0 Å². The molecule has 3 rings (SSSR count). The van der Waals surface area contributed by atoms with Crippen LogP contribution < -0.4 is 15.0 Å². The van der Waals surface area contributed by atoms with Gasteiger partial charge in [0.1, 0.15) is 5.75 Å². The van der Waals surface area contributed by atoms with Gasteiger partial charge in [-0.25, -0.2) is 0 Å². The third-order valence-electron chi connectivity index (χ3n) is 4.75. The zero-order valence-corrected chi connectivity index (χ0v) is 15.9. The fraction of sp³-hybridized carbons (Fsp3) is 0.350. The summed E-state index contributed by atoms with van der Waals surface area (Å²) >= 11 is 5.98. The van der Waals surface area contributed by atoms with E-state index in [-0.39, 0.29) is 11.9 Å². The lowest BCUT2D eigenvalue weighted by atomic mass is 10.2. The molecule has 0 bridgehead atoms. The number of piperazine rings is 1. The molecule has 1 amide bonds. The van der Waals surface area contributed by atoms with Crippen LogP contribution in [0.3, 0.4) is 0 Å². The molecule has 2 aromatic carbocycles. The van der Waals surface area contributed by atoms with Gasteiger partial charge in [0.2, 0.25) is 5.91 Å². The number of carbonyl (C=O) groups is 1. The Hall–Kier alpha value is -2.24. The van der Waals surface area contributed by atoms with Crippen molar-refractivity contribution in [2.75, 3.05) is 43.5 Å². The number of rotatable bonds is 5. The molecule has 26 heavy (non-hydrogen) atoms. The van der Waals surface area contributed by atoms with Crippen molar-refractivity contribution in [1.82, 2.24) is 4.90 Å². The van der Waals surface area contributed by atoms with Crippen LogP contribution in [0.2, 0.25) is 5.02 Å². The summed E-state index contributed by atoms with van der Waals surface area (Å²) in [4.78, 5) is 17.1. The number of methoxy groups -OCH3 is 1. The van der Waals surface area contributed by atoms with Gasteiger partial charge in [-0.1, -0.05) is 23.7 Å². The van der Waals surface area contributed by atoms with E-state index in [4.69, 9.17) is 16.3 Å². The summed E-state index contributed by atoms with van der Waals surface area (Å²) in [6.07, 6.45) is 0. The summed E-state index contributed by atoms with van der Waals surface area (Å²) in [5, 5.41) is 3.56. The van der Waals surface area contributed by atoms with Crippen LogP contribution in [0.5, 0.6) is 5.75 Å². The van der Waals surface area contributed by atoms with Gasteiger partial charge in [-0.2, -0.15) is 0 Å². The predicted molar refractivity (Wildman–Crippen MR) is 106 cm³/mol. The van der Waals surface area contributed by atoms with Crippen LogP contribution in [0.15, 0.2) is 48.5 Å². The number of carbonyl (C=O) groups excluding carboxylic acids is 1. The van der Waals surface area contributed by atoms with Crippen LogP contribution in [-0.2, 0) is 4.79 Å². The zero-order valence-electron chi connectivity index (χ0n) is 15.1. The Kier molecular flexibility index (Phi) is 6.01. The van der Waals surface area contributed by atoms with Gasteiger partial charge in [0.15, 0.2) is 0 Å². The molecule has 6 heteroatoms. The maximum atomic E-state index is 12.5. The highest BCUT2D eigenvalue weighted by Crippen LogP contribution is 2.23. The normalized spacial score (nSPS) is 16.2. The van der Waals surface area contributed by atoms with Crippen molar-refractivity contribution in [2.24, 2.45) is 0 Å². The van der Waals surface area contributed by atoms with Crippen molar-refractivity contribution in [3.8, 4) is 5.75 Å². The van der Waals surface area contributed by atoms with Crippen molar-refractivity contribution in [2.45, 2.75) is 13.0 Å². The third-order valence-corrected chi connectivity index (χ3v) is 4.99. The van der Waals surface area contributed by atoms with E-state index in [0.717, 1.165) is 43.3 Å². The number of nitrogens with zero attached hydrogens (tertiary/aromatic N) is 2. The molecule has 1 unspecified atom stereocenters. The SMILES string of the molecule is COc1cccc(N2CCN(C(C)C(=O)Nc3cccc(Cl)c3)CC2)c1. The molecule has 0 spiro atoms. The molecule has 1 aliphatic heterocycles. The molecule has 1 N–H and O–H groups in total. The Labute approximate surface area is 159 Å². The summed E-state index contributed by atoms with van der Waals surface area (Å²) in [6, 6.07) is 15.1. The van der Waals surface area contributed by atoms with Crippen molar-refractivity contribution >= 4 is 28.9 Å². The van der Waals surface area contributed by atoms with E-state index in [2.05, 4.69) is 21.2 Å². The highest BCUT2D eigenvalue weighted by Gasteiger charge is 2.25. The topological polar surface area (TPSA) is 44.8 Å². The van der Waals surface area contributed by atoms with Crippen molar-refractivity contribution in [1.29, 1.82) is 0 Å². The van der Waals surface area contributed by atoms with E-state index in [9.17, 15) is 4.79 Å². The van der Waals surface area contributed by atoms with Gasteiger partial charge >= 0.3 is 0 Å². The maximum absolute atomic E-state index is 12.5. The van der Waals surface area contributed by atoms with E-state index in [0.29, 0.717) is 5.02 Å². The summed E-state index contributed by atoms with van der Waals surface area (Å²) in [7, 11) is 1.68. The third kappa shape index (κ3) is 4.48. The van der Waals surface area contributed by atoms with E-state index < -0.39 is 0 Å². The van der Waals surface area contributed by atoms with E-state index in [1.54, 1.807) is 19.2 Å². The highest BCUT2D eigenvalue weighted by molar-refractivity contribution is 6.30. The van der Waals surface area contributed by atoms with Crippen LogP contribution in [0.4, 0.5) is 11.4 Å². The van der Waals surface area contributed by atoms with E-state index in [1.807, 2.05) is 37.3 Å². The Morgan fingerprint density at radius 2 is 1.85 bits per heavy atom. The van der Waals surface area contributed by atoms with E-state index in [1.165, 1.54) is 0 Å². The number of anilines is 2. The van der Waals surface area contributed by atoms with Crippen LogP contribution in [0, 0.1) is 0 Å². The monoisotopic (exact) mass is 373 g/mol. The van der Waals surface area contributed by atoms with Gasteiger partial charge in [0.05, 0.1) is 13.2 Å². The first kappa shape index (κ1) is 18.5. The largest absolute Gasteiger partial charge is 0.497 e. The molecule has 1 fully saturated rings. The molecule has 1 saturated heterocycles. The lowest BCUT2D eigenvalue weighted by Crippen LogP contribution is -2.52. The van der Waals surface area contributed by atoms with Crippen LogP contribution in [0.1, 0.15) is 6.92 Å². The molecule has 1 aliphatic rings. The zero-order chi connectivity index (χ0) is 18.5. The quantitative estimate of drug-likeness (QED) is 0.871. The molecule has 0 aromatic heterocycles. The average molecular weight is 374 g/mol. The molecule has 2 aromatic rings. The highest BCUT2D eigenvalue weighted by atomic mass is 35.5. The standard InChI is InChI=1S/C20H24ClN3O2/c1-15(20(25)22-17-6-3-5-16(21)13-17)23-9-11-24(12-10-23)18-7-4-8-19(14-18)26-2/h3-8,13-15H,9-12H2,1-2H3,(H,22,25).